The van der Waals surface area contributed by atoms with Gasteiger partial charge in [-0.25, -0.2) is 9.59 Å². The number of hydrogen-bond acceptors (Lipinski definition) is 5. The van der Waals surface area contributed by atoms with Gasteiger partial charge in [-0.3, -0.25) is 0 Å². The molecule has 0 amide bonds. The van der Waals surface area contributed by atoms with Gasteiger partial charge >= 0.3 is 11.9 Å². The van der Waals surface area contributed by atoms with Crippen LogP contribution in [0, 0.1) is 0 Å². The van der Waals surface area contributed by atoms with Gasteiger partial charge in [0, 0.05) is 6.42 Å². The molecule has 0 aliphatic heterocycles. The van der Waals surface area contributed by atoms with Gasteiger partial charge in [-0.15, -0.1) is 0 Å². The first kappa shape index (κ1) is 25.0. The summed E-state index contributed by atoms with van der Waals surface area (Å²) in [4.78, 5) is 25.2. The van der Waals surface area contributed by atoms with E-state index in [0.29, 0.717) is 18.6 Å². The Kier molecular flexibility index (Phi) is 10.2. The molecule has 5 nitrogen and oxygen atoms in total. The van der Waals surface area contributed by atoms with Crippen LogP contribution in [0.4, 0.5) is 0 Å². The lowest BCUT2D eigenvalue weighted by Crippen LogP contribution is -2.14. The molecule has 3 aromatic carbocycles. The molecule has 0 aliphatic rings. The number of unbranched alkanes of at least 4 members (excludes halogenated alkanes) is 4. The number of esters is 2. The molecule has 5 heteroatoms. The molecular formula is C29H32O5. The Labute approximate surface area is 201 Å². The molecule has 0 heterocycles. The van der Waals surface area contributed by atoms with Crippen LogP contribution in [-0.2, 0) is 11.2 Å². The topological polar surface area (TPSA) is 61.8 Å². The van der Waals surface area contributed by atoms with Crippen molar-refractivity contribution in [2.75, 3.05) is 13.2 Å². The number of ether oxygens (including phenoxy) is 3. The van der Waals surface area contributed by atoms with E-state index in [9.17, 15) is 9.59 Å². The molecule has 0 N–H and O–H groups in total. The average Bonchev–Trinajstić information content (AvgIpc) is 2.87. The lowest BCUT2D eigenvalue weighted by Gasteiger charge is -2.11. The highest BCUT2D eigenvalue weighted by Crippen LogP contribution is 2.21. The Balaban J connectivity index is 1.51. The van der Waals surface area contributed by atoms with Crippen molar-refractivity contribution < 1.29 is 23.8 Å². The van der Waals surface area contributed by atoms with E-state index in [0.717, 1.165) is 24.2 Å². The molecule has 34 heavy (non-hydrogen) atoms. The minimum atomic E-state index is -0.546. The number of carbonyl (C=O) groups is 2. The third kappa shape index (κ3) is 8.07. The van der Waals surface area contributed by atoms with Gasteiger partial charge in [0.25, 0.3) is 0 Å². The smallest absolute Gasteiger partial charge is 0.343 e. The number of para-hydroxylation sites is 1. The highest BCUT2D eigenvalue weighted by Gasteiger charge is 2.17. The molecule has 178 valence electrons. The largest absolute Gasteiger partial charge is 0.494 e. The highest BCUT2D eigenvalue weighted by atomic mass is 16.5. The second-order valence-electron chi connectivity index (χ2n) is 8.04. The molecule has 0 unspecified atom stereocenters. The molecule has 0 bridgehead atoms. The van der Waals surface area contributed by atoms with Crippen LogP contribution in [0.2, 0.25) is 0 Å². The number of hydrogen-bond donors (Lipinski definition) is 0. The Morgan fingerprint density at radius 3 is 2.18 bits per heavy atom. The molecule has 0 saturated heterocycles. The van der Waals surface area contributed by atoms with E-state index in [1.807, 2.05) is 30.3 Å². The van der Waals surface area contributed by atoms with Crippen molar-refractivity contribution >= 4 is 11.9 Å². The summed E-state index contributed by atoms with van der Waals surface area (Å²) in [5.41, 5.74) is 1.67. The van der Waals surface area contributed by atoms with Gasteiger partial charge < -0.3 is 14.2 Å². The maximum absolute atomic E-state index is 12.6. The predicted molar refractivity (Wildman–Crippen MR) is 133 cm³/mol. The summed E-state index contributed by atoms with van der Waals surface area (Å²) < 4.78 is 16.7. The maximum atomic E-state index is 12.6. The van der Waals surface area contributed by atoms with Crippen LogP contribution in [0.5, 0.6) is 11.5 Å². The van der Waals surface area contributed by atoms with Crippen LogP contribution < -0.4 is 9.47 Å². The van der Waals surface area contributed by atoms with E-state index in [1.165, 1.54) is 19.3 Å². The number of benzene rings is 3. The van der Waals surface area contributed by atoms with E-state index in [2.05, 4.69) is 6.92 Å². The highest BCUT2D eigenvalue weighted by molar-refractivity contribution is 5.96. The van der Waals surface area contributed by atoms with Gasteiger partial charge in [0.15, 0.2) is 0 Å². The van der Waals surface area contributed by atoms with Crippen molar-refractivity contribution in [3.05, 3.63) is 95.6 Å². The number of carbonyl (C=O) groups excluding carboxylic acids is 2. The van der Waals surface area contributed by atoms with Gasteiger partial charge in [-0.05, 0) is 48.4 Å². The fourth-order valence-corrected chi connectivity index (χ4v) is 3.45. The fraction of sp³-hybridized carbons (Fsp3) is 0.310. The molecule has 0 atom stereocenters. The lowest BCUT2D eigenvalue weighted by molar-refractivity contribution is 0.0504. The van der Waals surface area contributed by atoms with E-state index < -0.39 is 11.9 Å². The quantitative estimate of drug-likeness (QED) is 0.162. The van der Waals surface area contributed by atoms with Crippen molar-refractivity contribution in [3.8, 4) is 11.5 Å². The summed E-state index contributed by atoms with van der Waals surface area (Å²) in [5, 5.41) is 0. The fourth-order valence-electron chi connectivity index (χ4n) is 3.45. The molecule has 0 aromatic heterocycles. The van der Waals surface area contributed by atoms with Gasteiger partial charge in [0.05, 0.1) is 18.8 Å². The molecule has 0 radical (unpaired) electrons. The molecule has 0 spiro atoms. The third-order valence-corrected chi connectivity index (χ3v) is 5.38. The van der Waals surface area contributed by atoms with Gasteiger partial charge in [0.1, 0.15) is 17.1 Å². The standard InChI is InChI=1S/C29H32O5/c1-2-3-4-5-11-21-32-25-18-16-24(17-19-25)28(30)34-27-15-10-9-14-26(27)29(31)33-22-20-23-12-7-6-8-13-23/h6-10,12-19H,2-5,11,20-22H2,1H3. The Hall–Kier alpha value is -3.60. The van der Waals surface area contributed by atoms with E-state index >= 15 is 0 Å². The normalized spacial score (nSPS) is 10.5. The van der Waals surface area contributed by atoms with Crippen molar-refractivity contribution in [1.29, 1.82) is 0 Å². The van der Waals surface area contributed by atoms with Gasteiger partial charge in [-0.1, -0.05) is 75.1 Å². The number of rotatable bonds is 13. The summed E-state index contributed by atoms with van der Waals surface area (Å²) in [6.07, 6.45) is 6.49. The Morgan fingerprint density at radius 2 is 1.41 bits per heavy atom. The minimum Gasteiger partial charge on any atom is -0.494 e. The Morgan fingerprint density at radius 1 is 0.706 bits per heavy atom. The maximum Gasteiger partial charge on any atom is 0.343 e. The zero-order chi connectivity index (χ0) is 24.0. The van der Waals surface area contributed by atoms with Crippen molar-refractivity contribution in [2.24, 2.45) is 0 Å². The van der Waals surface area contributed by atoms with Crippen LogP contribution in [0.1, 0.15) is 65.3 Å². The van der Waals surface area contributed by atoms with Crippen LogP contribution in [0.25, 0.3) is 0 Å². The molecule has 0 aliphatic carbocycles. The molecule has 0 fully saturated rings. The van der Waals surface area contributed by atoms with Crippen molar-refractivity contribution in [1.82, 2.24) is 0 Å². The van der Waals surface area contributed by atoms with E-state index in [-0.39, 0.29) is 17.9 Å². The Bertz CT molecular complexity index is 1030. The molecule has 3 aromatic rings. The second kappa shape index (κ2) is 13.8. The monoisotopic (exact) mass is 460 g/mol. The first-order valence-corrected chi connectivity index (χ1v) is 11.9. The van der Waals surface area contributed by atoms with Crippen molar-refractivity contribution in [3.63, 3.8) is 0 Å². The third-order valence-electron chi connectivity index (χ3n) is 5.38. The summed E-state index contributed by atoms with van der Waals surface area (Å²) in [6.45, 7) is 3.10. The van der Waals surface area contributed by atoms with Crippen LogP contribution in [-0.4, -0.2) is 25.2 Å². The summed E-state index contributed by atoms with van der Waals surface area (Å²) in [6, 6.07) is 23.2. The predicted octanol–water partition coefficient (Wildman–Crippen LogP) is 6.65. The zero-order valence-corrected chi connectivity index (χ0v) is 19.7. The van der Waals surface area contributed by atoms with Gasteiger partial charge in [0.2, 0.25) is 0 Å². The van der Waals surface area contributed by atoms with Crippen LogP contribution in [0.15, 0.2) is 78.9 Å². The van der Waals surface area contributed by atoms with E-state index in [1.54, 1.807) is 48.5 Å². The molecule has 3 rings (SSSR count). The van der Waals surface area contributed by atoms with Crippen LogP contribution in [0.3, 0.4) is 0 Å². The molecular weight excluding hydrogens is 428 g/mol. The van der Waals surface area contributed by atoms with Gasteiger partial charge in [-0.2, -0.15) is 0 Å². The van der Waals surface area contributed by atoms with Crippen molar-refractivity contribution in [2.45, 2.75) is 45.4 Å². The SMILES string of the molecule is CCCCCCCOc1ccc(C(=O)Oc2ccccc2C(=O)OCCc2ccccc2)cc1. The lowest BCUT2D eigenvalue weighted by atomic mass is 10.1. The molecule has 0 saturated carbocycles. The summed E-state index contributed by atoms with van der Waals surface area (Å²) in [7, 11) is 0. The average molecular weight is 461 g/mol. The zero-order valence-electron chi connectivity index (χ0n) is 19.7. The minimum absolute atomic E-state index is 0.171. The first-order chi connectivity index (χ1) is 16.7. The summed E-state index contributed by atoms with van der Waals surface area (Å²) in [5.74, 6) is -0.184. The van der Waals surface area contributed by atoms with E-state index in [4.69, 9.17) is 14.2 Å². The van der Waals surface area contributed by atoms with Crippen LogP contribution >= 0.6 is 0 Å². The first-order valence-electron chi connectivity index (χ1n) is 11.9. The summed E-state index contributed by atoms with van der Waals surface area (Å²) >= 11 is 0. The second-order valence-corrected chi connectivity index (χ2v) is 8.04.